The quantitative estimate of drug-likeness (QED) is 0.727. The van der Waals surface area contributed by atoms with Crippen molar-refractivity contribution in [3.63, 3.8) is 0 Å². The third kappa shape index (κ3) is 1.92. The summed E-state index contributed by atoms with van der Waals surface area (Å²) < 4.78 is 0. The van der Waals surface area contributed by atoms with E-state index in [2.05, 4.69) is 15.3 Å². The zero-order valence-corrected chi connectivity index (χ0v) is 9.62. The Morgan fingerprint density at radius 2 is 2.29 bits per heavy atom. The van der Waals surface area contributed by atoms with Crippen LogP contribution < -0.4 is 5.32 Å². The Morgan fingerprint density at radius 1 is 1.35 bits per heavy atom. The molecule has 0 radical (unpaired) electrons. The summed E-state index contributed by atoms with van der Waals surface area (Å²) in [5.41, 5.74) is 3.92. The first-order valence-electron chi connectivity index (χ1n) is 5.09. The number of thiazole rings is 1. The van der Waals surface area contributed by atoms with Crippen molar-refractivity contribution < 1.29 is 4.79 Å². The lowest BCUT2D eigenvalue weighted by Gasteiger charge is -2.03. The Morgan fingerprint density at radius 3 is 3.12 bits per heavy atom. The number of nitrogens with zero attached hydrogens (tertiary/aromatic N) is 1. The second-order valence-corrected chi connectivity index (χ2v) is 4.33. The van der Waals surface area contributed by atoms with Gasteiger partial charge in [0.1, 0.15) is 5.69 Å². The summed E-state index contributed by atoms with van der Waals surface area (Å²) in [7, 11) is 0. The van der Waals surface area contributed by atoms with Gasteiger partial charge in [0.05, 0.1) is 5.51 Å². The van der Waals surface area contributed by atoms with E-state index >= 15 is 0 Å². The van der Waals surface area contributed by atoms with Gasteiger partial charge in [-0.05, 0) is 24.3 Å². The number of fused-ring (bicyclic) bond motifs is 1. The summed E-state index contributed by atoms with van der Waals surface area (Å²) in [6.07, 6.45) is 1.87. The highest BCUT2D eigenvalue weighted by Gasteiger charge is 2.07. The van der Waals surface area contributed by atoms with Gasteiger partial charge >= 0.3 is 0 Å². The molecule has 2 heterocycles. The molecule has 0 spiro atoms. The largest absolute Gasteiger partial charge is 0.361 e. The van der Waals surface area contributed by atoms with Crippen LogP contribution in [0.15, 0.2) is 41.4 Å². The number of benzene rings is 1. The molecule has 3 aromatic rings. The van der Waals surface area contributed by atoms with Crippen molar-refractivity contribution in [1.82, 2.24) is 9.97 Å². The summed E-state index contributed by atoms with van der Waals surface area (Å²) >= 11 is 1.41. The van der Waals surface area contributed by atoms with Crippen LogP contribution in [0.5, 0.6) is 0 Å². The molecular weight excluding hydrogens is 234 g/mol. The first-order chi connectivity index (χ1) is 8.33. The van der Waals surface area contributed by atoms with E-state index in [-0.39, 0.29) is 5.91 Å². The maximum Gasteiger partial charge on any atom is 0.275 e. The molecule has 84 valence electrons. The van der Waals surface area contributed by atoms with Crippen molar-refractivity contribution >= 4 is 33.8 Å². The maximum atomic E-state index is 11.8. The zero-order valence-electron chi connectivity index (χ0n) is 8.81. The fourth-order valence-corrected chi connectivity index (χ4v) is 2.18. The molecule has 0 atom stereocenters. The number of carbonyl (C=O) groups excluding carboxylic acids is 1. The first kappa shape index (κ1) is 10.0. The molecule has 0 aliphatic carbocycles. The molecule has 1 aromatic carbocycles. The van der Waals surface area contributed by atoms with Gasteiger partial charge in [0.2, 0.25) is 0 Å². The zero-order chi connectivity index (χ0) is 11.7. The van der Waals surface area contributed by atoms with Crippen LogP contribution in [0.2, 0.25) is 0 Å². The van der Waals surface area contributed by atoms with Crippen molar-refractivity contribution in [2.24, 2.45) is 0 Å². The smallest absolute Gasteiger partial charge is 0.275 e. The van der Waals surface area contributed by atoms with Gasteiger partial charge in [0.15, 0.2) is 0 Å². The average Bonchev–Trinajstić information content (AvgIpc) is 2.99. The van der Waals surface area contributed by atoms with E-state index in [4.69, 9.17) is 0 Å². The summed E-state index contributed by atoms with van der Waals surface area (Å²) in [5.74, 6) is -0.180. The van der Waals surface area contributed by atoms with Crippen molar-refractivity contribution in [1.29, 1.82) is 0 Å². The number of carbonyl (C=O) groups is 1. The van der Waals surface area contributed by atoms with Crippen LogP contribution in [0.4, 0.5) is 5.69 Å². The molecule has 3 rings (SSSR count). The number of hydrogen-bond acceptors (Lipinski definition) is 3. The second-order valence-electron chi connectivity index (χ2n) is 3.61. The molecule has 0 fully saturated rings. The molecule has 1 amide bonds. The van der Waals surface area contributed by atoms with Crippen LogP contribution in [0.3, 0.4) is 0 Å². The fraction of sp³-hybridized carbons (Fsp3) is 0. The number of nitrogens with one attached hydrogen (secondary N) is 2. The van der Waals surface area contributed by atoms with Gasteiger partial charge in [-0.15, -0.1) is 11.3 Å². The predicted molar refractivity (Wildman–Crippen MR) is 68.4 cm³/mol. The molecule has 0 saturated carbocycles. The van der Waals surface area contributed by atoms with E-state index in [1.165, 1.54) is 11.3 Å². The third-order valence-electron chi connectivity index (χ3n) is 2.48. The minimum absolute atomic E-state index is 0.180. The number of aromatic nitrogens is 2. The number of rotatable bonds is 2. The molecule has 5 heteroatoms. The number of hydrogen-bond donors (Lipinski definition) is 2. The highest BCUT2D eigenvalue weighted by Crippen LogP contribution is 2.18. The Hall–Kier alpha value is -2.14. The summed E-state index contributed by atoms with van der Waals surface area (Å²) in [6, 6.07) is 7.69. The molecule has 0 aliphatic heterocycles. The number of aromatic amines is 1. The molecule has 17 heavy (non-hydrogen) atoms. The van der Waals surface area contributed by atoms with Crippen LogP contribution in [0.25, 0.3) is 10.9 Å². The van der Waals surface area contributed by atoms with Crippen molar-refractivity contribution in [3.8, 4) is 0 Å². The van der Waals surface area contributed by atoms with Crippen LogP contribution >= 0.6 is 11.3 Å². The lowest BCUT2D eigenvalue weighted by atomic mass is 10.2. The third-order valence-corrected chi connectivity index (χ3v) is 3.06. The van der Waals surface area contributed by atoms with Gasteiger partial charge in [0.25, 0.3) is 5.91 Å². The predicted octanol–water partition coefficient (Wildman–Crippen LogP) is 2.88. The minimum atomic E-state index is -0.180. The second kappa shape index (κ2) is 4.03. The normalized spacial score (nSPS) is 10.6. The number of anilines is 1. The lowest BCUT2D eigenvalue weighted by Crippen LogP contribution is -2.11. The Balaban J connectivity index is 1.87. The molecule has 2 aromatic heterocycles. The number of amides is 1. The van der Waals surface area contributed by atoms with E-state index in [0.717, 1.165) is 16.6 Å². The Kier molecular flexibility index (Phi) is 2.38. The molecule has 4 nitrogen and oxygen atoms in total. The summed E-state index contributed by atoms with van der Waals surface area (Å²) in [4.78, 5) is 18.8. The van der Waals surface area contributed by atoms with E-state index < -0.39 is 0 Å². The SMILES string of the molecule is O=C(Nc1ccc2[nH]ccc2c1)c1cscn1. The monoisotopic (exact) mass is 243 g/mol. The van der Waals surface area contributed by atoms with E-state index in [1.807, 2.05) is 30.5 Å². The maximum absolute atomic E-state index is 11.8. The molecular formula is C12H9N3OS. The van der Waals surface area contributed by atoms with Gasteiger partial charge < -0.3 is 10.3 Å². The van der Waals surface area contributed by atoms with Gasteiger partial charge in [0, 0.05) is 28.2 Å². The van der Waals surface area contributed by atoms with Gasteiger partial charge in [-0.2, -0.15) is 0 Å². The van der Waals surface area contributed by atoms with E-state index in [1.54, 1.807) is 10.9 Å². The van der Waals surface area contributed by atoms with Crippen LogP contribution in [0, 0.1) is 0 Å². The molecule has 2 N–H and O–H groups in total. The Labute approximate surface area is 101 Å². The van der Waals surface area contributed by atoms with E-state index in [0.29, 0.717) is 5.69 Å². The van der Waals surface area contributed by atoms with Gasteiger partial charge in [-0.25, -0.2) is 4.98 Å². The number of H-pyrrole nitrogens is 1. The lowest BCUT2D eigenvalue weighted by molar-refractivity contribution is 0.102. The van der Waals surface area contributed by atoms with Crippen molar-refractivity contribution in [2.75, 3.05) is 5.32 Å². The fourth-order valence-electron chi connectivity index (χ4n) is 1.65. The highest BCUT2D eigenvalue weighted by molar-refractivity contribution is 7.07. The molecule has 0 aliphatic rings. The van der Waals surface area contributed by atoms with E-state index in [9.17, 15) is 4.79 Å². The first-order valence-corrected chi connectivity index (χ1v) is 6.04. The minimum Gasteiger partial charge on any atom is -0.361 e. The molecule has 0 unspecified atom stereocenters. The van der Waals surface area contributed by atoms with Crippen LogP contribution in [-0.2, 0) is 0 Å². The highest BCUT2D eigenvalue weighted by atomic mass is 32.1. The van der Waals surface area contributed by atoms with Crippen molar-refractivity contribution in [3.05, 3.63) is 47.0 Å². The molecule has 0 saturated heterocycles. The van der Waals surface area contributed by atoms with Crippen LogP contribution in [-0.4, -0.2) is 15.9 Å². The molecule has 0 bridgehead atoms. The standard InChI is InChI=1S/C12H9N3OS/c16-12(11-6-17-7-14-11)15-9-1-2-10-8(5-9)3-4-13-10/h1-7,13H,(H,15,16). The summed E-state index contributed by atoms with van der Waals surface area (Å²) in [6.45, 7) is 0. The topological polar surface area (TPSA) is 57.8 Å². The average molecular weight is 243 g/mol. The van der Waals surface area contributed by atoms with Gasteiger partial charge in [-0.1, -0.05) is 0 Å². The summed E-state index contributed by atoms with van der Waals surface area (Å²) in [5, 5.41) is 5.61. The van der Waals surface area contributed by atoms with Gasteiger partial charge in [-0.3, -0.25) is 4.79 Å². The van der Waals surface area contributed by atoms with Crippen LogP contribution in [0.1, 0.15) is 10.5 Å². The Bertz CT molecular complexity index is 657. The van der Waals surface area contributed by atoms with Crippen molar-refractivity contribution in [2.45, 2.75) is 0 Å².